The molecule has 19 heavy (non-hydrogen) atoms. The van der Waals surface area contributed by atoms with Gasteiger partial charge < -0.3 is 9.16 Å². The molecule has 0 aromatic heterocycles. The molecule has 1 unspecified atom stereocenters. The Morgan fingerprint density at radius 3 is 2.00 bits per heavy atom. The van der Waals surface area contributed by atoms with Crippen LogP contribution in [-0.4, -0.2) is 33.9 Å². The van der Waals surface area contributed by atoms with Gasteiger partial charge in [-0.15, -0.1) is 0 Å². The van der Waals surface area contributed by atoms with Gasteiger partial charge in [-0.05, 0) is 31.0 Å². The normalized spacial score (nSPS) is 31.7. The van der Waals surface area contributed by atoms with Crippen molar-refractivity contribution in [2.24, 2.45) is 5.92 Å². The third-order valence-electron chi connectivity index (χ3n) is 5.64. The first kappa shape index (κ1) is 17.3. The van der Waals surface area contributed by atoms with Crippen LogP contribution in [-0.2, 0) is 9.16 Å². The summed E-state index contributed by atoms with van der Waals surface area (Å²) < 4.78 is 13.0. The van der Waals surface area contributed by atoms with Crippen LogP contribution < -0.4 is 0 Å². The van der Waals surface area contributed by atoms with E-state index >= 15 is 0 Å². The zero-order valence-electron chi connectivity index (χ0n) is 14.5. The summed E-state index contributed by atoms with van der Waals surface area (Å²) in [6.45, 7) is 18.4. The van der Waals surface area contributed by atoms with Crippen LogP contribution >= 0.6 is 0 Å². The van der Waals surface area contributed by atoms with E-state index in [0.717, 1.165) is 12.8 Å². The van der Waals surface area contributed by atoms with Gasteiger partial charge in [0.2, 0.25) is 0 Å². The second kappa shape index (κ2) is 5.53. The lowest BCUT2D eigenvalue weighted by Crippen LogP contribution is -2.48. The van der Waals surface area contributed by atoms with Gasteiger partial charge in [0.15, 0.2) is 8.32 Å². The van der Waals surface area contributed by atoms with Gasteiger partial charge >= 0.3 is 0 Å². The summed E-state index contributed by atoms with van der Waals surface area (Å²) in [7, 11) is 0.460. The first-order chi connectivity index (χ1) is 8.50. The number of rotatable bonds is 4. The fraction of sp³-hybridized carbons (Fsp3) is 1.00. The predicted octanol–water partition coefficient (Wildman–Crippen LogP) is 3.56. The van der Waals surface area contributed by atoms with E-state index in [2.05, 4.69) is 62.5 Å². The van der Waals surface area contributed by atoms with Crippen LogP contribution in [0.5, 0.6) is 0 Å². The maximum atomic E-state index is 6.66. The van der Waals surface area contributed by atoms with Crippen molar-refractivity contribution in [3.05, 3.63) is 0 Å². The topological polar surface area (TPSA) is 18.5 Å². The largest absolute Gasteiger partial charge is 0.412 e. The summed E-state index contributed by atoms with van der Waals surface area (Å²) in [6.07, 6.45) is 2.40. The Balaban J connectivity index is 2.91. The molecule has 0 radical (unpaired) electrons. The highest BCUT2D eigenvalue weighted by Gasteiger charge is 2.52. The van der Waals surface area contributed by atoms with E-state index in [4.69, 9.17) is 9.16 Å². The molecule has 0 aromatic rings. The molecule has 4 heteroatoms. The molecule has 3 atom stereocenters. The highest BCUT2D eigenvalue weighted by atomic mass is 28.4. The monoisotopic (exact) mass is 284 g/mol. The molecule has 0 aliphatic carbocycles. The predicted molar refractivity (Wildman–Crippen MR) is 88.0 cm³/mol. The van der Waals surface area contributed by atoms with Crippen LogP contribution in [0.4, 0.5) is 0 Å². The summed E-state index contributed by atoms with van der Waals surface area (Å²) in [5.41, 5.74) is 0.0203. The summed E-state index contributed by atoms with van der Waals surface area (Å²) in [5.74, 6) is 0.478. The van der Waals surface area contributed by atoms with Gasteiger partial charge in [-0.1, -0.05) is 41.5 Å². The molecule has 0 amide bonds. The maximum absolute atomic E-state index is 6.66. The van der Waals surface area contributed by atoms with Crippen molar-refractivity contribution in [3.63, 3.8) is 0 Å². The summed E-state index contributed by atoms with van der Waals surface area (Å²) >= 11 is 0. The third-order valence-corrected chi connectivity index (χ3v) is 10.1. The summed E-state index contributed by atoms with van der Waals surface area (Å²) in [4.78, 5) is 0. The Bertz CT molecular complexity index is 308. The zero-order valence-corrected chi connectivity index (χ0v) is 15.5. The van der Waals surface area contributed by atoms with Crippen LogP contribution in [0.3, 0.4) is 0 Å². The lowest BCUT2D eigenvalue weighted by molar-refractivity contribution is -0.0374. The number of hydrogen-bond donors (Lipinski definition) is 0. The number of ether oxygens (including phenoxy) is 1. The Morgan fingerprint density at radius 2 is 1.68 bits per heavy atom. The fourth-order valence-electron chi connectivity index (χ4n) is 3.03. The van der Waals surface area contributed by atoms with Crippen molar-refractivity contribution in [2.45, 2.75) is 90.2 Å². The molecule has 1 saturated heterocycles. The van der Waals surface area contributed by atoms with Crippen LogP contribution in [0.1, 0.15) is 54.4 Å². The molecule has 1 aliphatic heterocycles. The molecule has 0 spiro atoms. The standard InChI is InChI=1S/C15H33BO2Si/c1-9-15(10-2)11(3)12(13(16)17-15)18-19(7,8)14(4,5)6/h11-13H,9-10,16H2,1-8H3/t11?,12-,13+/m0/s1. The summed E-state index contributed by atoms with van der Waals surface area (Å²) in [6, 6.07) is 0.212. The van der Waals surface area contributed by atoms with Crippen molar-refractivity contribution in [3.8, 4) is 0 Å². The Labute approximate surface area is 122 Å². The molecule has 0 aromatic carbocycles. The zero-order chi connectivity index (χ0) is 15.1. The van der Waals surface area contributed by atoms with Crippen molar-refractivity contribution in [1.29, 1.82) is 0 Å². The number of hydrogen-bond acceptors (Lipinski definition) is 2. The van der Waals surface area contributed by atoms with Crippen LogP contribution in [0.2, 0.25) is 18.1 Å². The van der Waals surface area contributed by atoms with Crippen LogP contribution in [0.25, 0.3) is 0 Å². The van der Waals surface area contributed by atoms with E-state index in [1.807, 2.05) is 0 Å². The van der Waals surface area contributed by atoms with Crippen molar-refractivity contribution < 1.29 is 9.16 Å². The highest BCUT2D eigenvalue weighted by molar-refractivity contribution is 6.74. The van der Waals surface area contributed by atoms with Crippen LogP contribution in [0, 0.1) is 5.92 Å². The average molecular weight is 284 g/mol. The van der Waals surface area contributed by atoms with Gasteiger partial charge in [0.05, 0.1) is 11.7 Å². The van der Waals surface area contributed by atoms with Crippen molar-refractivity contribution >= 4 is 16.2 Å². The first-order valence-corrected chi connectivity index (χ1v) is 10.8. The minimum absolute atomic E-state index is 0.0203. The molecular weight excluding hydrogens is 251 g/mol. The van der Waals surface area contributed by atoms with Crippen molar-refractivity contribution in [1.82, 2.24) is 0 Å². The lowest BCUT2D eigenvalue weighted by Gasteiger charge is -2.41. The molecule has 0 N–H and O–H groups in total. The molecule has 1 heterocycles. The second-order valence-corrected chi connectivity index (χ2v) is 12.5. The minimum Gasteiger partial charge on any atom is -0.412 e. The molecule has 1 rings (SSSR count). The Morgan fingerprint density at radius 1 is 1.21 bits per heavy atom. The van der Waals surface area contributed by atoms with E-state index in [1.165, 1.54) is 0 Å². The first-order valence-electron chi connectivity index (χ1n) is 7.86. The Kier molecular flexibility index (Phi) is 5.02. The molecular formula is C15H33BO2Si. The quantitative estimate of drug-likeness (QED) is 0.735. The van der Waals surface area contributed by atoms with E-state index in [0.29, 0.717) is 5.92 Å². The van der Waals surface area contributed by atoms with Gasteiger partial charge in [-0.25, -0.2) is 0 Å². The molecule has 1 aliphatic rings. The minimum atomic E-state index is -1.72. The van der Waals surface area contributed by atoms with Gasteiger partial charge in [0.25, 0.3) is 0 Å². The maximum Gasteiger partial charge on any atom is 0.192 e. The molecule has 1 fully saturated rings. The summed E-state index contributed by atoms with van der Waals surface area (Å²) in [5, 5.41) is 0.260. The third kappa shape index (κ3) is 3.11. The SMILES string of the molecule is B[C@@H]1OC(CC)(CC)C(C)[C@@H]1O[Si](C)(C)C(C)(C)C. The fourth-order valence-corrected chi connectivity index (χ4v) is 4.46. The van der Waals surface area contributed by atoms with Crippen LogP contribution in [0.15, 0.2) is 0 Å². The highest BCUT2D eigenvalue weighted by Crippen LogP contribution is 2.45. The molecule has 0 saturated carbocycles. The average Bonchev–Trinajstić information content (AvgIpc) is 2.52. The Hall–Kier alpha value is 0.202. The van der Waals surface area contributed by atoms with Crippen molar-refractivity contribution in [2.75, 3.05) is 0 Å². The molecule has 112 valence electrons. The van der Waals surface area contributed by atoms with Gasteiger partial charge in [-0.3, -0.25) is 0 Å². The molecule has 2 nitrogen and oxygen atoms in total. The lowest BCUT2D eigenvalue weighted by atomic mass is 9.80. The van der Waals surface area contributed by atoms with E-state index in [9.17, 15) is 0 Å². The second-order valence-electron chi connectivity index (χ2n) is 7.73. The smallest absolute Gasteiger partial charge is 0.192 e. The van der Waals surface area contributed by atoms with Gasteiger partial charge in [0, 0.05) is 11.9 Å². The molecule has 0 bridgehead atoms. The van der Waals surface area contributed by atoms with Gasteiger partial charge in [0.1, 0.15) is 7.85 Å². The van der Waals surface area contributed by atoms with Gasteiger partial charge in [-0.2, -0.15) is 0 Å². The van der Waals surface area contributed by atoms with E-state index in [1.54, 1.807) is 0 Å². The van der Waals surface area contributed by atoms with E-state index < -0.39 is 8.32 Å². The van der Waals surface area contributed by atoms with E-state index in [-0.39, 0.29) is 22.7 Å².